The first kappa shape index (κ1) is 21.7. The number of nitrogens with zero attached hydrogens (tertiary/aromatic N) is 3. The van der Waals surface area contributed by atoms with Gasteiger partial charge in [0.05, 0.1) is 24.6 Å². The summed E-state index contributed by atoms with van der Waals surface area (Å²) in [6, 6.07) is 6.51. The van der Waals surface area contributed by atoms with Gasteiger partial charge in [-0.15, -0.1) is 0 Å². The Morgan fingerprint density at radius 1 is 1.10 bits per heavy atom. The van der Waals surface area contributed by atoms with E-state index in [2.05, 4.69) is 15.6 Å². The molecule has 0 spiro atoms. The molecule has 10 heteroatoms. The second kappa shape index (κ2) is 10.1. The normalized spacial score (nSPS) is 13.8. The molecule has 0 unspecified atom stereocenters. The molecule has 1 aromatic rings. The average Bonchev–Trinajstić information content (AvgIpc) is 2.69. The molecule has 1 heterocycles. The van der Waals surface area contributed by atoms with E-state index in [9.17, 15) is 19.2 Å². The van der Waals surface area contributed by atoms with Gasteiger partial charge in [0, 0.05) is 19.8 Å². The predicted octanol–water partition coefficient (Wildman–Crippen LogP) is 1.77. The maximum absolute atomic E-state index is 12.4. The Morgan fingerprint density at radius 2 is 1.76 bits per heavy atom. The van der Waals surface area contributed by atoms with E-state index in [1.54, 1.807) is 38.1 Å². The number of ether oxygens (including phenoxy) is 2. The van der Waals surface area contributed by atoms with E-state index in [4.69, 9.17) is 9.47 Å². The number of amides is 2. The molecule has 1 aromatic carbocycles. The molecule has 154 valence electrons. The van der Waals surface area contributed by atoms with Gasteiger partial charge in [-0.25, -0.2) is 15.0 Å². The van der Waals surface area contributed by atoms with Crippen LogP contribution in [0.3, 0.4) is 0 Å². The number of esters is 1. The highest BCUT2D eigenvalue weighted by molar-refractivity contribution is 6.64. The van der Waals surface area contributed by atoms with Crippen molar-refractivity contribution >= 4 is 40.9 Å². The molecule has 1 aliphatic heterocycles. The van der Waals surface area contributed by atoms with E-state index in [1.807, 2.05) is 0 Å². The number of carbonyl (C=O) groups excluding carboxylic acids is 4. The number of anilines is 1. The standard InChI is InChI=1S/C19H22N4O6/c1-4-28-18(26)17(12(3)24)22-23(19(27)29-5-2)14-8-6-13(7-9-14)15-10-11-16(25)21-20-15/h6-9H,4-5,10-11H2,1-3H3,(H,21,25). The maximum atomic E-state index is 12.4. The van der Waals surface area contributed by atoms with Crippen LogP contribution in [0.2, 0.25) is 0 Å². The zero-order chi connectivity index (χ0) is 21.4. The fourth-order valence-corrected chi connectivity index (χ4v) is 2.42. The van der Waals surface area contributed by atoms with Crippen molar-refractivity contribution in [3.05, 3.63) is 29.8 Å². The van der Waals surface area contributed by atoms with Gasteiger partial charge in [0.1, 0.15) is 0 Å². The Bertz CT molecular complexity index is 860. The van der Waals surface area contributed by atoms with Gasteiger partial charge >= 0.3 is 12.1 Å². The molecule has 0 atom stereocenters. The highest BCUT2D eigenvalue weighted by atomic mass is 16.6. The monoisotopic (exact) mass is 402 g/mol. The molecule has 0 saturated carbocycles. The minimum absolute atomic E-state index is 0.0535. The molecule has 0 aromatic heterocycles. The number of hydrogen-bond donors (Lipinski definition) is 1. The summed E-state index contributed by atoms with van der Waals surface area (Å²) < 4.78 is 9.81. The molecular formula is C19H22N4O6. The van der Waals surface area contributed by atoms with Crippen molar-refractivity contribution in [2.24, 2.45) is 10.2 Å². The lowest BCUT2D eigenvalue weighted by Crippen LogP contribution is -2.33. The number of benzene rings is 1. The molecule has 0 fully saturated rings. The summed E-state index contributed by atoms with van der Waals surface area (Å²) in [6.45, 7) is 4.49. The molecular weight excluding hydrogens is 380 g/mol. The fourth-order valence-electron chi connectivity index (χ4n) is 2.42. The third-order valence-corrected chi connectivity index (χ3v) is 3.79. The van der Waals surface area contributed by atoms with E-state index in [0.717, 1.165) is 17.5 Å². The van der Waals surface area contributed by atoms with E-state index < -0.39 is 23.6 Å². The number of rotatable bonds is 7. The summed E-state index contributed by atoms with van der Waals surface area (Å²) in [5.41, 5.74) is 3.61. The van der Waals surface area contributed by atoms with Gasteiger partial charge in [-0.05, 0) is 31.5 Å². The molecule has 0 saturated heterocycles. The van der Waals surface area contributed by atoms with Crippen LogP contribution < -0.4 is 10.4 Å². The summed E-state index contributed by atoms with van der Waals surface area (Å²) >= 11 is 0. The second-order valence-electron chi connectivity index (χ2n) is 5.88. The minimum atomic E-state index is -0.932. The number of hydrazone groups is 2. The third-order valence-electron chi connectivity index (χ3n) is 3.79. The Labute approximate surface area is 167 Å². The smallest absolute Gasteiger partial charge is 0.435 e. The Morgan fingerprint density at radius 3 is 2.28 bits per heavy atom. The van der Waals surface area contributed by atoms with E-state index in [0.29, 0.717) is 18.6 Å². The molecule has 2 rings (SSSR count). The summed E-state index contributed by atoms with van der Waals surface area (Å²) in [4.78, 5) is 47.4. The van der Waals surface area contributed by atoms with Crippen molar-refractivity contribution in [1.82, 2.24) is 5.43 Å². The minimum Gasteiger partial charge on any atom is -0.461 e. The fraction of sp³-hybridized carbons (Fsp3) is 0.368. The molecule has 0 radical (unpaired) electrons. The highest BCUT2D eigenvalue weighted by Crippen LogP contribution is 2.19. The first-order chi connectivity index (χ1) is 13.9. The Hall–Kier alpha value is -3.56. The lowest BCUT2D eigenvalue weighted by atomic mass is 10.0. The third kappa shape index (κ3) is 5.71. The molecule has 0 aliphatic carbocycles. The maximum Gasteiger partial charge on any atom is 0.435 e. The SMILES string of the molecule is CCOC(=O)C(=NN(C(=O)OCC)c1ccc(C2=NNC(=O)CC2)cc1)C(C)=O. The van der Waals surface area contributed by atoms with Crippen molar-refractivity contribution in [3.8, 4) is 0 Å². The Kier molecular flexibility index (Phi) is 7.58. The van der Waals surface area contributed by atoms with Crippen molar-refractivity contribution in [2.45, 2.75) is 33.6 Å². The summed E-state index contributed by atoms with van der Waals surface area (Å²) in [5, 5.41) is 8.74. The van der Waals surface area contributed by atoms with Crippen LogP contribution in [0.5, 0.6) is 0 Å². The van der Waals surface area contributed by atoms with E-state index >= 15 is 0 Å². The van der Waals surface area contributed by atoms with Gasteiger partial charge < -0.3 is 9.47 Å². The van der Waals surface area contributed by atoms with Crippen LogP contribution in [-0.2, 0) is 23.9 Å². The van der Waals surface area contributed by atoms with E-state index in [1.165, 1.54) is 0 Å². The van der Waals surface area contributed by atoms with Crippen molar-refractivity contribution < 1.29 is 28.7 Å². The van der Waals surface area contributed by atoms with Crippen LogP contribution in [0.4, 0.5) is 10.5 Å². The zero-order valence-corrected chi connectivity index (χ0v) is 16.4. The molecule has 2 amide bonds. The van der Waals surface area contributed by atoms with Gasteiger partial charge in [-0.3, -0.25) is 9.59 Å². The first-order valence-corrected chi connectivity index (χ1v) is 9.06. The van der Waals surface area contributed by atoms with Crippen LogP contribution in [0, 0.1) is 0 Å². The lowest BCUT2D eigenvalue weighted by molar-refractivity contribution is -0.135. The quantitative estimate of drug-likeness (QED) is 0.320. The highest BCUT2D eigenvalue weighted by Gasteiger charge is 2.24. The first-order valence-electron chi connectivity index (χ1n) is 9.06. The second-order valence-corrected chi connectivity index (χ2v) is 5.88. The van der Waals surface area contributed by atoms with Gasteiger partial charge in [0.25, 0.3) is 0 Å². The number of Topliss-reactive ketones (excluding diaryl/α,β-unsaturated/α-hetero) is 1. The lowest BCUT2D eigenvalue weighted by Gasteiger charge is -2.18. The topological polar surface area (TPSA) is 127 Å². The predicted molar refractivity (Wildman–Crippen MR) is 105 cm³/mol. The number of hydrogen-bond acceptors (Lipinski definition) is 8. The average molecular weight is 402 g/mol. The van der Waals surface area contributed by atoms with Crippen molar-refractivity contribution in [2.75, 3.05) is 18.2 Å². The van der Waals surface area contributed by atoms with Crippen LogP contribution >= 0.6 is 0 Å². The number of carbonyl (C=O) groups is 4. The summed E-state index contributed by atoms with van der Waals surface area (Å²) in [7, 11) is 0. The van der Waals surface area contributed by atoms with Crippen LogP contribution in [-0.4, -0.2) is 48.4 Å². The van der Waals surface area contributed by atoms with Gasteiger partial charge in [-0.1, -0.05) is 12.1 Å². The molecule has 29 heavy (non-hydrogen) atoms. The molecule has 1 N–H and O–H groups in total. The number of ketones is 1. The largest absolute Gasteiger partial charge is 0.461 e. The van der Waals surface area contributed by atoms with Crippen LogP contribution in [0.1, 0.15) is 39.2 Å². The van der Waals surface area contributed by atoms with Crippen molar-refractivity contribution in [1.29, 1.82) is 0 Å². The molecule has 0 bridgehead atoms. The van der Waals surface area contributed by atoms with Gasteiger partial charge in [-0.2, -0.15) is 15.2 Å². The van der Waals surface area contributed by atoms with Gasteiger partial charge in [0.2, 0.25) is 11.6 Å². The van der Waals surface area contributed by atoms with Crippen LogP contribution in [0.25, 0.3) is 0 Å². The van der Waals surface area contributed by atoms with Crippen LogP contribution in [0.15, 0.2) is 34.5 Å². The summed E-state index contributed by atoms with van der Waals surface area (Å²) in [6.07, 6.45) is -0.0329. The summed E-state index contributed by atoms with van der Waals surface area (Å²) in [5.74, 6) is -1.73. The van der Waals surface area contributed by atoms with Gasteiger partial charge in [0.15, 0.2) is 5.78 Å². The zero-order valence-electron chi connectivity index (χ0n) is 16.4. The molecule has 1 aliphatic rings. The number of nitrogens with one attached hydrogen (secondary N) is 1. The molecule has 10 nitrogen and oxygen atoms in total. The Balaban J connectivity index is 2.38. The van der Waals surface area contributed by atoms with E-state index in [-0.39, 0.29) is 24.8 Å². The van der Waals surface area contributed by atoms with Crippen molar-refractivity contribution in [3.63, 3.8) is 0 Å².